The summed E-state index contributed by atoms with van der Waals surface area (Å²) in [5.41, 5.74) is 0. The van der Waals surface area contributed by atoms with Crippen molar-refractivity contribution in [1.29, 1.82) is 0 Å². The van der Waals surface area contributed by atoms with E-state index < -0.39 is 0 Å². The van der Waals surface area contributed by atoms with E-state index in [2.05, 4.69) is 16.4 Å². The molecular weight excluding hydrogens is 272 g/mol. The number of nitrogens with zero attached hydrogens (tertiary/aromatic N) is 1. The number of benzene rings is 1. The van der Waals surface area contributed by atoms with Gasteiger partial charge in [0, 0.05) is 23.5 Å². The Hall–Kier alpha value is -1.48. The van der Waals surface area contributed by atoms with Crippen LogP contribution in [0.5, 0.6) is 5.75 Å². The van der Waals surface area contributed by atoms with Crippen molar-refractivity contribution >= 4 is 28.2 Å². The smallest absolute Gasteiger partial charge is 0.134 e. The molecule has 2 atom stereocenters. The van der Waals surface area contributed by atoms with Gasteiger partial charge in [-0.05, 0) is 48.4 Å². The van der Waals surface area contributed by atoms with E-state index in [1.807, 2.05) is 24.4 Å². The molecule has 106 valence electrons. The van der Waals surface area contributed by atoms with Gasteiger partial charge < -0.3 is 10.1 Å². The van der Waals surface area contributed by atoms with Crippen molar-refractivity contribution in [3.8, 4) is 5.75 Å². The third-order valence-electron chi connectivity index (χ3n) is 4.15. The largest absolute Gasteiger partial charge is 0.497 e. The number of ether oxygens (including phenoxy) is 1. The monoisotopic (exact) mass is 290 g/mol. The Labute approximate surface area is 124 Å². The number of hydrogen-bond donors (Lipinski definition) is 1. The lowest BCUT2D eigenvalue weighted by atomic mass is 10.1. The van der Waals surface area contributed by atoms with Crippen LogP contribution in [0.3, 0.4) is 0 Å². The van der Waals surface area contributed by atoms with Gasteiger partial charge in [-0.3, -0.25) is 0 Å². The molecule has 0 saturated heterocycles. The van der Waals surface area contributed by atoms with E-state index in [-0.39, 0.29) is 0 Å². The third-order valence-corrected chi connectivity index (χ3v) is 4.55. The summed E-state index contributed by atoms with van der Waals surface area (Å²) in [5.74, 6) is 3.09. The average molecular weight is 291 g/mol. The lowest BCUT2D eigenvalue weighted by Crippen LogP contribution is -2.25. The molecule has 1 aromatic carbocycles. The normalized spacial score (nSPS) is 22.1. The van der Waals surface area contributed by atoms with Crippen LogP contribution >= 0.6 is 11.6 Å². The topological polar surface area (TPSA) is 34.1 Å². The molecule has 3 rings (SSSR count). The lowest BCUT2D eigenvalue weighted by Gasteiger charge is -2.20. The summed E-state index contributed by atoms with van der Waals surface area (Å²) < 4.78 is 5.27. The van der Waals surface area contributed by atoms with Crippen LogP contribution in [-0.2, 0) is 0 Å². The first kappa shape index (κ1) is 13.5. The van der Waals surface area contributed by atoms with Gasteiger partial charge in [-0.15, -0.1) is 11.6 Å². The number of halogens is 1. The minimum Gasteiger partial charge on any atom is -0.497 e. The number of methoxy groups -OCH3 is 1. The Kier molecular flexibility index (Phi) is 3.97. The zero-order chi connectivity index (χ0) is 13.9. The highest BCUT2D eigenvalue weighted by Crippen LogP contribution is 2.31. The van der Waals surface area contributed by atoms with Crippen LogP contribution in [-0.4, -0.2) is 24.0 Å². The molecule has 1 aromatic heterocycles. The molecule has 0 bridgehead atoms. The van der Waals surface area contributed by atoms with Crippen molar-refractivity contribution in [2.75, 3.05) is 18.3 Å². The van der Waals surface area contributed by atoms with Gasteiger partial charge in [0.1, 0.15) is 11.6 Å². The van der Waals surface area contributed by atoms with Gasteiger partial charge in [0.15, 0.2) is 0 Å². The van der Waals surface area contributed by atoms with E-state index in [0.29, 0.717) is 12.0 Å². The highest BCUT2D eigenvalue weighted by Gasteiger charge is 2.26. The standard InChI is InChI=1S/C16H19ClN2O/c1-20-13-5-6-14-11(9-13)7-8-18-16(14)19-15-4-2-3-12(15)10-17/h5-9,12,15H,2-4,10H2,1H3,(H,18,19). The molecule has 4 heteroatoms. The van der Waals surface area contributed by atoms with Crippen molar-refractivity contribution in [2.45, 2.75) is 25.3 Å². The van der Waals surface area contributed by atoms with E-state index in [1.165, 1.54) is 19.3 Å². The second-order valence-electron chi connectivity index (χ2n) is 5.34. The first-order valence-corrected chi connectivity index (χ1v) is 7.60. The van der Waals surface area contributed by atoms with Gasteiger partial charge in [0.25, 0.3) is 0 Å². The molecule has 0 amide bonds. The van der Waals surface area contributed by atoms with Crippen molar-refractivity contribution in [2.24, 2.45) is 5.92 Å². The second-order valence-corrected chi connectivity index (χ2v) is 5.65. The molecule has 0 spiro atoms. The molecule has 0 aliphatic heterocycles. The number of alkyl halides is 1. The van der Waals surface area contributed by atoms with Crippen LogP contribution in [0, 0.1) is 5.92 Å². The van der Waals surface area contributed by atoms with Crippen molar-refractivity contribution in [1.82, 2.24) is 4.98 Å². The zero-order valence-electron chi connectivity index (χ0n) is 11.6. The van der Waals surface area contributed by atoms with Gasteiger partial charge in [-0.2, -0.15) is 0 Å². The molecule has 0 radical (unpaired) electrons. The Morgan fingerprint density at radius 1 is 1.35 bits per heavy atom. The quantitative estimate of drug-likeness (QED) is 0.862. The van der Waals surface area contributed by atoms with Crippen LogP contribution in [0.4, 0.5) is 5.82 Å². The minimum absolute atomic E-state index is 0.438. The average Bonchev–Trinajstić information content (AvgIpc) is 2.94. The third kappa shape index (κ3) is 2.55. The van der Waals surface area contributed by atoms with Crippen LogP contribution < -0.4 is 10.1 Å². The lowest BCUT2D eigenvalue weighted by molar-refractivity contribution is 0.415. The first-order valence-electron chi connectivity index (χ1n) is 7.07. The molecule has 20 heavy (non-hydrogen) atoms. The summed E-state index contributed by atoms with van der Waals surface area (Å²) in [6, 6.07) is 8.52. The fourth-order valence-electron chi connectivity index (χ4n) is 2.99. The molecule has 3 nitrogen and oxygen atoms in total. The molecule has 1 aliphatic carbocycles. The van der Waals surface area contributed by atoms with Crippen LogP contribution in [0.1, 0.15) is 19.3 Å². The van der Waals surface area contributed by atoms with Gasteiger partial charge in [0.2, 0.25) is 0 Å². The molecule has 1 aliphatic rings. The maximum Gasteiger partial charge on any atom is 0.134 e. The van der Waals surface area contributed by atoms with Gasteiger partial charge in [-0.1, -0.05) is 6.42 Å². The Balaban J connectivity index is 1.91. The summed E-state index contributed by atoms with van der Waals surface area (Å²) in [7, 11) is 1.69. The highest BCUT2D eigenvalue weighted by atomic mass is 35.5. The van der Waals surface area contributed by atoms with Crippen molar-refractivity contribution in [3.05, 3.63) is 30.5 Å². The van der Waals surface area contributed by atoms with Gasteiger partial charge >= 0.3 is 0 Å². The number of pyridine rings is 1. The number of nitrogens with one attached hydrogen (secondary N) is 1. The fourth-order valence-corrected chi connectivity index (χ4v) is 3.35. The number of aromatic nitrogens is 1. The Bertz CT molecular complexity index is 602. The minimum atomic E-state index is 0.438. The molecule has 1 N–H and O–H groups in total. The number of fused-ring (bicyclic) bond motifs is 1. The maximum absolute atomic E-state index is 6.05. The summed E-state index contributed by atoms with van der Waals surface area (Å²) in [5, 5.41) is 5.86. The summed E-state index contributed by atoms with van der Waals surface area (Å²) in [6.07, 6.45) is 5.47. The molecule has 1 heterocycles. The van der Waals surface area contributed by atoms with Gasteiger partial charge in [-0.25, -0.2) is 4.98 Å². The fraction of sp³-hybridized carbons (Fsp3) is 0.438. The summed E-state index contributed by atoms with van der Waals surface area (Å²) in [6.45, 7) is 0. The summed E-state index contributed by atoms with van der Waals surface area (Å²) >= 11 is 6.05. The first-order chi connectivity index (χ1) is 9.81. The molecule has 1 fully saturated rings. The van der Waals surface area contributed by atoms with E-state index in [0.717, 1.165) is 28.2 Å². The Morgan fingerprint density at radius 2 is 2.25 bits per heavy atom. The molecule has 2 aromatic rings. The van der Waals surface area contributed by atoms with Crippen molar-refractivity contribution < 1.29 is 4.74 Å². The van der Waals surface area contributed by atoms with Crippen LogP contribution in [0.2, 0.25) is 0 Å². The van der Waals surface area contributed by atoms with E-state index in [1.54, 1.807) is 7.11 Å². The van der Waals surface area contributed by atoms with E-state index in [9.17, 15) is 0 Å². The predicted molar refractivity (Wildman–Crippen MR) is 83.8 cm³/mol. The highest BCUT2D eigenvalue weighted by molar-refractivity contribution is 6.18. The van der Waals surface area contributed by atoms with Crippen LogP contribution in [0.15, 0.2) is 30.5 Å². The number of rotatable bonds is 4. The van der Waals surface area contributed by atoms with E-state index in [4.69, 9.17) is 16.3 Å². The molecule has 1 saturated carbocycles. The Morgan fingerprint density at radius 3 is 3.05 bits per heavy atom. The summed E-state index contributed by atoms with van der Waals surface area (Å²) in [4.78, 5) is 4.50. The number of anilines is 1. The van der Waals surface area contributed by atoms with Crippen LogP contribution in [0.25, 0.3) is 10.8 Å². The second kappa shape index (κ2) is 5.88. The molecule has 2 unspecified atom stereocenters. The van der Waals surface area contributed by atoms with Crippen molar-refractivity contribution in [3.63, 3.8) is 0 Å². The predicted octanol–water partition coefficient (Wildman–Crippen LogP) is 4.06. The SMILES string of the molecule is COc1ccc2c(NC3CCCC3CCl)nccc2c1. The van der Waals surface area contributed by atoms with E-state index >= 15 is 0 Å². The van der Waals surface area contributed by atoms with Gasteiger partial charge in [0.05, 0.1) is 7.11 Å². The maximum atomic E-state index is 6.05. The number of hydrogen-bond acceptors (Lipinski definition) is 3. The molecular formula is C16H19ClN2O. The zero-order valence-corrected chi connectivity index (χ0v) is 12.4.